The lowest BCUT2D eigenvalue weighted by molar-refractivity contribution is -0.120. The molecule has 1 aliphatic rings. The van der Waals surface area contributed by atoms with Crippen molar-refractivity contribution in [3.05, 3.63) is 47.2 Å². The number of carbonyl (C=O) groups excluding carboxylic acids is 1. The van der Waals surface area contributed by atoms with E-state index in [1.807, 2.05) is 0 Å². The molecule has 0 radical (unpaired) electrons. The number of amides is 1. The number of nitrogens with one attached hydrogen (secondary N) is 1. The topological polar surface area (TPSA) is 54.5 Å². The van der Waals surface area contributed by atoms with E-state index >= 15 is 0 Å². The average molecular weight is 420 g/mol. The van der Waals surface area contributed by atoms with Gasteiger partial charge in [-0.05, 0) is 49.2 Å². The number of thiazole rings is 1. The fourth-order valence-corrected chi connectivity index (χ4v) is 4.60. The molecule has 1 atom stereocenters. The van der Waals surface area contributed by atoms with E-state index < -0.39 is 0 Å². The zero-order chi connectivity index (χ0) is 19.7. The molecule has 1 N–H and O–H groups in total. The van der Waals surface area contributed by atoms with Gasteiger partial charge in [0.25, 0.3) is 0 Å². The van der Waals surface area contributed by atoms with Crippen LogP contribution in [0.3, 0.4) is 0 Å². The molecule has 2 heterocycles. The molecule has 0 aliphatic carbocycles. The normalized spacial score (nSPS) is 17.0. The predicted octanol–water partition coefficient (Wildman–Crippen LogP) is 4.95. The molecule has 1 aromatic heterocycles. The van der Waals surface area contributed by atoms with Crippen molar-refractivity contribution in [1.29, 1.82) is 0 Å². The van der Waals surface area contributed by atoms with Crippen LogP contribution in [0.15, 0.2) is 36.4 Å². The van der Waals surface area contributed by atoms with Gasteiger partial charge in [-0.25, -0.2) is 9.37 Å². The van der Waals surface area contributed by atoms with E-state index in [0.717, 1.165) is 34.7 Å². The van der Waals surface area contributed by atoms with Gasteiger partial charge in [-0.15, -0.1) is 0 Å². The van der Waals surface area contributed by atoms with Crippen molar-refractivity contribution in [2.75, 3.05) is 30.4 Å². The number of methoxy groups -OCH3 is 1. The zero-order valence-electron chi connectivity index (χ0n) is 15.2. The number of carbonyl (C=O) groups is 1. The highest BCUT2D eigenvalue weighted by Crippen LogP contribution is 2.33. The Hall–Kier alpha value is -2.38. The third kappa shape index (κ3) is 3.91. The molecular formula is C20H19ClFN3O2S. The van der Waals surface area contributed by atoms with Gasteiger partial charge in [-0.1, -0.05) is 22.9 Å². The van der Waals surface area contributed by atoms with Crippen molar-refractivity contribution >= 4 is 49.9 Å². The number of nitrogens with zero attached hydrogens (tertiary/aromatic N) is 2. The van der Waals surface area contributed by atoms with E-state index in [2.05, 4.69) is 15.2 Å². The summed E-state index contributed by atoms with van der Waals surface area (Å²) in [6.45, 7) is 1.39. The van der Waals surface area contributed by atoms with E-state index in [9.17, 15) is 9.18 Å². The number of halogens is 2. The number of fused-ring (bicyclic) bond motifs is 1. The average Bonchev–Trinajstić information content (AvgIpc) is 3.11. The molecule has 1 saturated heterocycles. The molecule has 0 saturated carbocycles. The fourth-order valence-electron chi connectivity index (χ4n) is 3.40. The molecule has 2 aromatic carbocycles. The Kier molecular flexibility index (Phi) is 5.37. The van der Waals surface area contributed by atoms with Gasteiger partial charge in [0.05, 0.1) is 28.9 Å². The third-order valence-electron chi connectivity index (χ3n) is 4.82. The van der Waals surface area contributed by atoms with Crippen molar-refractivity contribution in [3.8, 4) is 5.75 Å². The first-order valence-corrected chi connectivity index (χ1v) is 10.2. The Morgan fingerprint density at radius 1 is 1.36 bits per heavy atom. The molecule has 1 unspecified atom stereocenters. The highest BCUT2D eigenvalue weighted by molar-refractivity contribution is 7.22. The maximum Gasteiger partial charge on any atom is 0.229 e. The first kappa shape index (κ1) is 19.0. The van der Waals surface area contributed by atoms with Gasteiger partial charge in [-0.3, -0.25) is 4.79 Å². The van der Waals surface area contributed by atoms with Crippen LogP contribution in [0.25, 0.3) is 10.2 Å². The Morgan fingerprint density at radius 3 is 3.04 bits per heavy atom. The lowest BCUT2D eigenvalue weighted by Gasteiger charge is -2.31. The Bertz CT molecular complexity index is 1030. The molecule has 4 rings (SSSR count). The molecule has 1 amide bonds. The SMILES string of the molecule is COc1ccc(Cl)cc1NC(=O)C1CCCN(c2nc3ccc(F)cc3s2)C1. The van der Waals surface area contributed by atoms with Crippen LogP contribution in [-0.4, -0.2) is 31.1 Å². The first-order chi connectivity index (χ1) is 13.5. The summed E-state index contributed by atoms with van der Waals surface area (Å²) in [4.78, 5) is 19.5. The van der Waals surface area contributed by atoms with Gasteiger partial charge in [0, 0.05) is 18.1 Å². The van der Waals surface area contributed by atoms with E-state index in [1.165, 1.54) is 23.5 Å². The van der Waals surface area contributed by atoms with Gasteiger partial charge < -0.3 is 15.0 Å². The number of rotatable bonds is 4. The maximum atomic E-state index is 13.4. The molecule has 146 valence electrons. The molecule has 1 fully saturated rings. The highest BCUT2D eigenvalue weighted by atomic mass is 35.5. The van der Waals surface area contributed by atoms with Crippen LogP contribution in [0.2, 0.25) is 5.02 Å². The standard InChI is InChI=1S/C20H19ClFN3O2S/c1-27-17-7-4-13(21)9-16(17)23-19(26)12-3-2-8-25(11-12)20-24-15-6-5-14(22)10-18(15)28-20/h4-7,9-10,12H,2-3,8,11H2,1H3,(H,23,26). The van der Waals surface area contributed by atoms with Crippen LogP contribution in [0.5, 0.6) is 5.75 Å². The summed E-state index contributed by atoms with van der Waals surface area (Å²) < 4.78 is 19.6. The Balaban J connectivity index is 1.50. The molecule has 0 bridgehead atoms. The fraction of sp³-hybridized carbons (Fsp3) is 0.300. The van der Waals surface area contributed by atoms with Gasteiger partial charge in [-0.2, -0.15) is 0 Å². The summed E-state index contributed by atoms with van der Waals surface area (Å²) in [5.74, 6) is 0.0475. The van der Waals surface area contributed by atoms with Crippen molar-refractivity contribution in [2.45, 2.75) is 12.8 Å². The number of hydrogen-bond acceptors (Lipinski definition) is 5. The van der Waals surface area contributed by atoms with Crippen LogP contribution < -0.4 is 15.0 Å². The van der Waals surface area contributed by atoms with Gasteiger partial charge in [0.2, 0.25) is 5.91 Å². The van der Waals surface area contributed by atoms with E-state index in [0.29, 0.717) is 23.0 Å². The van der Waals surface area contributed by atoms with E-state index in [1.54, 1.807) is 31.4 Å². The van der Waals surface area contributed by atoms with Crippen molar-refractivity contribution in [1.82, 2.24) is 4.98 Å². The lowest BCUT2D eigenvalue weighted by atomic mass is 9.97. The second-order valence-electron chi connectivity index (χ2n) is 6.73. The number of anilines is 2. The van der Waals surface area contributed by atoms with E-state index in [-0.39, 0.29) is 17.6 Å². The second kappa shape index (κ2) is 7.93. The van der Waals surface area contributed by atoms with Gasteiger partial charge in [0.1, 0.15) is 11.6 Å². The summed E-state index contributed by atoms with van der Waals surface area (Å²) in [7, 11) is 1.55. The minimum absolute atomic E-state index is 0.0718. The van der Waals surface area contributed by atoms with Gasteiger partial charge >= 0.3 is 0 Å². The second-order valence-corrected chi connectivity index (χ2v) is 8.17. The number of hydrogen-bond donors (Lipinski definition) is 1. The van der Waals surface area contributed by atoms with E-state index in [4.69, 9.17) is 16.3 Å². The number of ether oxygens (including phenoxy) is 1. The quantitative estimate of drug-likeness (QED) is 0.649. The number of piperidine rings is 1. The summed E-state index contributed by atoms with van der Waals surface area (Å²) in [6, 6.07) is 9.72. The van der Waals surface area contributed by atoms with Crippen LogP contribution in [0, 0.1) is 11.7 Å². The molecular weight excluding hydrogens is 401 g/mol. The van der Waals surface area contributed by atoms with Crippen LogP contribution in [0.1, 0.15) is 12.8 Å². The molecule has 0 spiro atoms. The minimum Gasteiger partial charge on any atom is -0.495 e. The zero-order valence-corrected chi connectivity index (χ0v) is 16.8. The van der Waals surface area contributed by atoms with Gasteiger partial charge in [0.15, 0.2) is 5.13 Å². The van der Waals surface area contributed by atoms with Crippen molar-refractivity contribution < 1.29 is 13.9 Å². The molecule has 1 aliphatic heterocycles. The van der Waals surface area contributed by atoms with Crippen LogP contribution >= 0.6 is 22.9 Å². The van der Waals surface area contributed by atoms with Crippen molar-refractivity contribution in [2.24, 2.45) is 5.92 Å². The number of aromatic nitrogens is 1. The van der Waals surface area contributed by atoms with Crippen LogP contribution in [-0.2, 0) is 4.79 Å². The van der Waals surface area contributed by atoms with Crippen molar-refractivity contribution in [3.63, 3.8) is 0 Å². The molecule has 28 heavy (non-hydrogen) atoms. The predicted molar refractivity (Wildman–Crippen MR) is 111 cm³/mol. The Labute approximate surface area is 171 Å². The smallest absolute Gasteiger partial charge is 0.229 e. The Morgan fingerprint density at radius 2 is 2.21 bits per heavy atom. The monoisotopic (exact) mass is 419 g/mol. The molecule has 5 nitrogen and oxygen atoms in total. The molecule has 3 aromatic rings. The first-order valence-electron chi connectivity index (χ1n) is 8.99. The summed E-state index contributed by atoms with van der Waals surface area (Å²) in [5.41, 5.74) is 1.34. The summed E-state index contributed by atoms with van der Waals surface area (Å²) in [6.07, 6.45) is 1.68. The molecule has 8 heteroatoms. The largest absolute Gasteiger partial charge is 0.495 e. The van der Waals surface area contributed by atoms with Crippen LogP contribution in [0.4, 0.5) is 15.2 Å². The maximum absolute atomic E-state index is 13.4. The minimum atomic E-state index is -0.269. The lowest BCUT2D eigenvalue weighted by Crippen LogP contribution is -2.40. The third-order valence-corrected chi connectivity index (χ3v) is 6.14. The summed E-state index contributed by atoms with van der Waals surface area (Å²) in [5, 5.41) is 4.29. The number of benzene rings is 2. The highest BCUT2D eigenvalue weighted by Gasteiger charge is 2.28. The summed E-state index contributed by atoms with van der Waals surface area (Å²) >= 11 is 7.50.